The summed E-state index contributed by atoms with van der Waals surface area (Å²) in [6, 6.07) is 6.44. The van der Waals surface area contributed by atoms with Gasteiger partial charge in [0.1, 0.15) is 0 Å². The van der Waals surface area contributed by atoms with E-state index in [9.17, 15) is 4.79 Å². The largest absolute Gasteiger partial charge is 0.469 e. The van der Waals surface area contributed by atoms with E-state index < -0.39 is 0 Å². The van der Waals surface area contributed by atoms with Gasteiger partial charge in [0.25, 0.3) is 0 Å². The zero-order valence-electron chi connectivity index (χ0n) is 10.5. The van der Waals surface area contributed by atoms with Crippen molar-refractivity contribution in [3.8, 4) is 0 Å². The molecular weight excluding hydrogens is 200 g/mol. The molecule has 0 amide bonds. The lowest BCUT2D eigenvalue weighted by molar-refractivity contribution is -0.145. The standard InChI is InChI=1S/C14H20O2/c1-10-5-6-11(2)13(9-10)8-7-12(3)14(15)16-4/h5-6,9,12H,7-8H2,1-4H3. The molecule has 0 aliphatic rings. The Morgan fingerprint density at radius 2 is 2.06 bits per heavy atom. The molecule has 0 saturated carbocycles. The predicted molar refractivity (Wildman–Crippen MR) is 65.4 cm³/mol. The molecule has 1 unspecified atom stereocenters. The molecule has 2 nitrogen and oxygen atoms in total. The van der Waals surface area contributed by atoms with Crippen LogP contribution in [-0.4, -0.2) is 13.1 Å². The Labute approximate surface area is 97.6 Å². The first-order valence-electron chi connectivity index (χ1n) is 5.68. The smallest absolute Gasteiger partial charge is 0.308 e. The molecule has 0 fully saturated rings. The van der Waals surface area contributed by atoms with E-state index in [2.05, 4.69) is 32.0 Å². The van der Waals surface area contributed by atoms with Crippen molar-refractivity contribution in [1.29, 1.82) is 0 Å². The Bertz CT molecular complexity index is 369. The molecule has 0 aliphatic heterocycles. The van der Waals surface area contributed by atoms with Gasteiger partial charge in [-0.2, -0.15) is 0 Å². The Morgan fingerprint density at radius 3 is 2.69 bits per heavy atom. The molecule has 0 aromatic heterocycles. The molecule has 0 heterocycles. The molecule has 0 saturated heterocycles. The zero-order valence-corrected chi connectivity index (χ0v) is 10.5. The minimum absolute atomic E-state index is 0.0232. The number of esters is 1. The highest BCUT2D eigenvalue weighted by Crippen LogP contribution is 2.16. The number of hydrogen-bond acceptors (Lipinski definition) is 2. The second-order valence-electron chi connectivity index (χ2n) is 4.39. The second kappa shape index (κ2) is 5.69. The maximum atomic E-state index is 11.3. The van der Waals surface area contributed by atoms with Gasteiger partial charge in [0, 0.05) is 0 Å². The van der Waals surface area contributed by atoms with E-state index in [1.807, 2.05) is 6.92 Å². The van der Waals surface area contributed by atoms with Crippen LogP contribution in [0.1, 0.15) is 30.0 Å². The third kappa shape index (κ3) is 3.37. The molecular formula is C14H20O2. The van der Waals surface area contributed by atoms with Gasteiger partial charge in [-0.25, -0.2) is 0 Å². The lowest BCUT2D eigenvalue weighted by Gasteiger charge is -2.11. The number of benzene rings is 1. The van der Waals surface area contributed by atoms with Gasteiger partial charge in [-0.15, -0.1) is 0 Å². The molecule has 0 radical (unpaired) electrons. The van der Waals surface area contributed by atoms with Crippen LogP contribution in [0.5, 0.6) is 0 Å². The topological polar surface area (TPSA) is 26.3 Å². The Morgan fingerprint density at radius 1 is 1.38 bits per heavy atom. The quantitative estimate of drug-likeness (QED) is 0.729. The van der Waals surface area contributed by atoms with Crippen LogP contribution in [0.4, 0.5) is 0 Å². The third-order valence-corrected chi connectivity index (χ3v) is 2.95. The third-order valence-electron chi connectivity index (χ3n) is 2.95. The van der Waals surface area contributed by atoms with Crippen molar-refractivity contribution < 1.29 is 9.53 Å². The first kappa shape index (κ1) is 12.8. The Kier molecular flexibility index (Phi) is 4.53. The Balaban J connectivity index is 2.60. The molecule has 0 N–H and O–H groups in total. The number of ether oxygens (including phenoxy) is 1. The highest BCUT2D eigenvalue weighted by Gasteiger charge is 2.13. The van der Waals surface area contributed by atoms with E-state index in [0.29, 0.717) is 0 Å². The van der Waals surface area contributed by atoms with Crippen molar-refractivity contribution in [3.63, 3.8) is 0 Å². The number of methoxy groups -OCH3 is 1. The lowest BCUT2D eigenvalue weighted by Crippen LogP contribution is -2.13. The van der Waals surface area contributed by atoms with Crippen LogP contribution < -0.4 is 0 Å². The average Bonchev–Trinajstić information content (AvgIpc) is 2.28. The van der Waals surface area contributed by atoms with Crippen LogP contribution in [0.3, 0.4) is 0 Å². The van der Waals surface area contributed by atoms with Crippen molar-refractivity contribution in [3.05, 3.63) is 34.9 Å². The summed E-state index contributed by atoms with van der Waals surface area (Å²) in [6.45, 7) is 6.11. The van der Waals surface area contributed by atoms with Crippen LogP contribution >= 0.6 is 0 Å². The Hall–Kier alpha value is -1.31. The van der Waals surface area contributed by atoms with E-state index in [1.165, 1.54) is 23.8 Å². The van der Waals surface area contributed by atoms with Crippen molar-refractivity contribution in [2.24, 2.45) is 5.92 Å². The molecule has 2 heteroatoms. The van der Waals surface area contributed by atoms with Gasteiger partial charge in [0.15, 0.2) is 0 Å². The highest BCUT2D eigenvalue weighted by molar-refractivity contribution is 5.71. The van der Waals surface area contributed by atoms with Gasteiger partial charge in [-0.3, -0.25) is 4.79 Å². The first-order valence-corrected chi connectivity index (χ1v) is 5.68. The molecule has 0 spiro atoms. The highest BCUT2D eigenvalue weighted by atomic mass is 16.5. The van der Waals surface area contributed by atoms with E-state index in [1.54, 1.807) is 0 Å². The summed E-state index contributed by atoms with van der Waals surface area (Å²) in [4.78, 5) is 11.3. The van der Waals surface area contributed by atoms with Crippen molar-refractivity contribution >= 4 is 5.97 Å². The van der Waals surface area contributed by atoms with Gasteiger partial charge in [0.2, 0.25) is 0 Å². The van der Waals surface area contributed by atoms with E-state index >= 15 is 0 Å². The van der Waals surface area contributed by atoms with Gasteiger partial charge in [-0.05, 0) is 37.8 Å². The van der Waals surface area contributed by atoms with Gasteiger partial charge in [-0.1, -0.05) is 30.7 Å². The maximum Gasteiger partial charge on any atom is 0.308 e. The van der Waals surface area contributed by atoms with Crippen molar-refractivity contribution in [2.45, 2.75) is 33.6 Å². The number of hydrogen-bond donors (Lipinski definition) is 0. The zero-order chi connectivity index (χ0) is 12.1. The van der Waals surface area contributed by atoms with Crippen LogP contribution in [0.2, 0.25) is 0 Å². The summed E-state index contributed by atoms with van der Waals surface area (Å²) in [5, 5.41) is 0. The van der Waals surface area contributed by atoms with Gasteiger partial charge < -0.3 is 4.74 Å². The van der Waals surface area contributed by atoms with Crippen LogP contribution in [0.25, 0.3) is 0 Å². The number of carbonyl (C=O) groups is 1. The summed E-state index contributed by atoms with van der Waals surface area (Å²) in [6.07, 6.45) is 1.78. The van der Waals surface area contributed by atoms with Crippen molar-refractivity contribution in [1.82, 2.24) is 0 Å². The fourth-order valence-corrected chi connectivity index (χ4v) is 1.76. The summed E-state index contributed by atoms with van der Waals surface area (Å²) >= 11 is 0. The molecule has 1 aromatic rings. The summed E-state index contributed by atoms with van der Waals surface area (Å²) in [5.74, 6) is -0.143. The molecule has 1 atom stereocenters. The number of carbonyl (C=O) groups excluding carboxylic acids is 1. The first-order chi connectivity index (χ1) is 7.54. The summed E-state index contributed by atoms with van der Waals surface area (Å²) in [5.41, 5.74) is 3.89. The van der Waals surface area contributed by atoms with Crippen LogP contribution in [0.15, 0.2) is 18.2 Å². The van der Waals surface area contributed by atoms with Crippen LogP contribution in [0, 0.1) is 19.8 Å². The number of rotatable bonds is 4. The molecule has 88 valence electrons. The van der Waals surface area contributed by atoms with Crippen molar-refractivity contribution in [2.75, 3.05) is 7.11 Å². The monoisotopic (exact) mass is 220 g/mol. The SMILES string of the molecule is COC(=O)C(C)CCc1cc(C)ccc1C. The van der Waals surface area contributed by atoms with Gasteiger partial charge in [0.05, 0.1) is 13.0 Å². The van der Waals surface area contributed by atoms with E-state index in [4.69, 9.17) is 4.74 Å². The fraction of sp³-hybridized carbons (Fsp3) is 0.500. The molecule has 1 aromatic carbocycles. The molecule has 16 heavy (non-hydrogen) atoms. The molecule has 0 bridgehead atoms. The molecule has 0 aliphatic carbocycles. The van der Waals surface area contributed by atoms with Gasteiger partial charge >= 0.3 is 5.97 Å². The predicted octanol–water partition coefficient (Wildman–Crippen LogP) is 3.05. The second-order valence-corrected chi connectivity index (χ2v) is 4.39. The minimum Gasteiger partial charge on any atom is -0.469 e. The van der Waals surface area contributed by atoms with E-state index in [0.717, 1.165) is 12.8 Å². The summed E-state index contributed by atoms with van der Waals surface area (Å²) in [7, 11) is 1.44. The fourth-order valence-electron chi connectivity index (χ4n) is 1.76. The van der Waals surface area contributed by atoms with Crippen LogP contribution in [-0.2, 0) is 16.0 Å². The number of aryl methyl sites for hydroxylation is 3. The summed E-state index contributed by atoms with van der Waals surface area (Å²) < 4.78 is 4.72. The molecule has 1 rings (SSSR count). The average molecular weight is 220 g/mol. The van der Waals surface area contributed by atoms with E-state index in [-0.39, 0.29) is 11.9 Å². The normalized spacial score (nSPS) is 12.2. The lowest BCUT2D eigenvalue weighted by atomic mass is 9.97. The maximum absolute atomic E-state index is 11.3. The minimum atomic E-state index is -0.120.